The molecule has 108 valence electrons. The average molecular weight is 296 g/mol. The largest absolute Gasteiger partial charge is 0.416 e. The second kappa shape index (κ2) is 5.62. The van der Waals surface area contributed by atoms with Crippen molar-refractivity contribution in [1.29, 1.82) is 0 Å². The fourth-order valence-corrected chi connectivity index (χ4v) is 1.76. The Hall–Kier alpha value is -2.89. The first-order valence-electron chi connectivity index (χ1n) is 5.50. The van der Waals surface area contributed by atoms with Crippen molar-refractivity contribution in [3.8, 4) is 12.3 Å². The van der Waals surface area contributed by atoms with Crippen molar-refractivity contribution < 1.29 is 22.5 Å². The van der Waals surface area contributed by atoms with Crippen molar-refractivity contribution >= 4 is 12.4 Å². The molecule has 1 atom stereocenters. The van der Waals surface area contributed by atoms with Crippen LogP contribution in [0.15, 0.2) is 28.8 Å². The van der Waals surface area contributed by atoms with E-state index in [1.54, 1.807) is 0 Å². The second-order valence-corrected chi connectivity index (χ2v) is 3.81. The molecule has 1 unspecified atom stereocenters. The molecule has 21 heavy (non-hydrogen) atoms. The maximum atomic E-state index is 13.0. The maximum absolute atomic E-state index is 13.0. The van der Waals surface area contributed by atoms with E-state index < -0.39 is 23.8 Å². The van der Waals surface area contributed by atoms with E-state index in [9.17, 15) is 18.0 Å². The molecular weight excluding hydrogens is 289 g/mol. The normalized spacial score (nSPS) is 12.5. The standard InChI is InChI=1S/C12H7F3N4O2/c1-2-10(19(7-20)11-16-17-18-21-11)8-5-3-4-6-9(8)12(13,14)15/h1,3-7,10H. The number of alkyl halides is 3. The summed E-state index contributed by atoms with van der Waals surface area (Å²) in [6, 6.07) is 2.89. The first-order chi connectivity index (χ1) is 9.99. The lowest BCUT2D eigenvalue weighted by molar-refractivity contribution is -0.138. The highest BCUT2D eigenvalue weighted by Crippen LogP contribution is 2.36. The summed E-state index contributed by atoms with van der Waals surface area (Å²) in [4.78, 5) is 11.8. The summed E-state index contributed by atoms with van der Waals surface area (Å²) in [5.41, 5.74) is -1.23. The molecule has 0 radical (unpaired) electrons. The van der Waals surface area contributed by atoms with Crippen molar-refractivity contribution in [3.63, 3.8) is 0 Å². The van der Waals surface area contributed by atoms with Gasteiger partial charge in [-0.05, 0) is 16.8 Å². The lowest BCUT2D eigenvalue weighted by Crippen LogP contribution is -2.28. The number of carbonyl (C=O) groups excluding carboxylic acids is 1. The van der Waals surface area contributed by atoms with Gasteiger partial charge in [0.25, 0.3) is 0 Å². The number of anilines is 1. The molecule has 9 heteroatoms. The molecule has 6 nitrogen and oxygen atoms in total. The minimum Gasteiger partial charge on any atom is -0.295 e. The Kier molecular flexibility index (Phi) is 3.89. The molecule has 0 saturated heterocycles. The number of hydrogen-bond donors (Lipinski definition) is 0. The van der Waals surface area contributed by atoms with Crippen LogP contribution >= 0.6 is 0 Å². The number of terminal acetylenes is 1. The monoisotopic (exact) mass is 296 g/mol. The smallest absolute Gasteiger partial charge is 0.295 e. The van der Waals surface area contributed by atoms with Gasteiger partial charge in [0, 0.05) is 0 Å². The second-order valence-electron chi connectivity index (χ2n) is 3.81. The van der Waals surface area contributed by atoms with Gasteiger partial charge in [-0.2, -0.15) is 13.2 Å². The van der Waals surface area contributed by atoms with Crippen molar-refractivity contribution in [2.45, 2.75) is 12.2 Å². The Bertz CT molecular complexity index is 664. The predicted molar refractivity (Wildman–Crippen MR) is 63.7 cm³/mol. The molecule has 0 saturated carbocycles. The van der Waals surface area contributed by atoms with Crippen LogP contribution in [0, 0.1) is 12.3 Å². The summed E-state index contributed by atoms with van der Waals surface area (Å²) < 4.78 is 43.6. The molecular formula is C12H7F3N4O2. The van der Waals surface area contributed by atoms with Gasteiger partial charge < -0.3 is 0 Å². The zero-order valence-corrected chi connectivity index (χ0v) is 10.3. The van der Waals surface area contributed by atoms with Gasteiger partial charge in [-0.25, -0.2) is 4.90 Å². The van der Waals surface area contributed by atoms with Gasteiger partial charge in [0.2, 0.25) is 6.41 Å². The molecule has 0 bridgehead atoms. The quantitative estimate of drug-likeness (QED) is 0.635. The highest BCUT2D eigenvalue weighted by Gasteiger charge is 2.36. The van der Waals surface area contributed by atoms with Gasteiger partial charge in [0.05, 0.1) is 10.8 Å². The van der Waals surface area contributed by atoms with E-state index in [1.165, 1.54) is 18.2 Å². The molecule has 2 aromatic rings. The number of aromatic nitrogens is 3. The Morgan fingerprint density at radius 3 is 2.62 bits per heavy atom. The molecule has 0 aliphatic carbocycles. The fraction of sp³-hybridized carbons (Fsp3) is 0.167. The summed E-state index contributed by atoms with van der Waals surface area (Å²) in [6.07, 6.45) is 0.855. The van der Waals surface area contributed by atoms with Gasteiger partial charge in [0.15, 0.2) is 0 Å². The Labute approximate surface area is 116 Å². The zero-order chi connectivity index (χ0) is 15.5. The van der Waals surface area contributed by atoms with Gasteiger partial charge >= 0.3 is 12.2 Å². The highest BCUT2D eigenvalue weighted by molar-refractivity contribution is 5.73. The average Bonchev–Trinajstić information content (AvgIpc) is 2.97. The van der Waals surface area contributed by atoms with Crippen LogP contribution in [-0.4, -0.2) is 22.0 Å². The molecule has 1 aromatic heterocycles. The Morgan fingerprint density at radius 2 is 2.10 bits per heavy atom. The van der Waals surface area contributed by atoms with Crippen LogP contribution in [0.5, 0.6) is 0 Å². The Morgan fingerprint density at radius 1 is 1.38 bits per heavy atom. The van der Waals surface area contributed by atoms with Gasteiger partial charge in [-0.15, -0.1) is 6.42 Å². The summed E-state index contributed by atoms with van der Waals surface area (Å²) in [5, 5.41) is 9.52. The number of rotatable bonds is 4. The molecule has 0 N–H and O–H groups in total. The number of hydrogen-bond acceptors (Lipinski definition) is 5. The number of carbonyl (C=O) groups is 1. The van der Waals surface area contributed by atoms with Gasteiger partial charge in [-0.1, -0.05) is 29.2 Å². The van der Waals surface area contributed by atoms with E-state index in [0.717, 1.165) is 6.07 Å². The molecule has 1 aromatic carbocycles. The summed E-state index contributed by atoms with van der Waals surface area (Å²) in [7, 11) is 0. The summed E-state index contributed by atoms with van der Waals surface area (Å²) in [6.45, 7) is 0. The lowest BCUT2D eigenvalue weighted by atomic mass is 9.99. The van der Waals surface area contributed by atoms with E-state index in [0.29, 0.717) is 4.90 Å². The molecule has 0 fully saturated rings. The van der Waals surface area contributed by atoms with E-state index in [-0.39, 0.29) is 12.0 Å². The van der Waals surface area contributed by atoms with Crippen molar-refractivity contribution in [3.05, 3.63) is 35.4 Å². The summed E-state index contributed by atoms with van der Waals surface area (Å²) in [5.74, 6) is 2.11. The molecule has 0 aliphatic rings. The lowest BCUT2D eigenvalue weighted by Gasteiger charge is -2.23. The number of benzene rings is 1. The van der Waals surface area contributed by atoms with Crippen LogP contribution < -0.4 is 4.90 Å². The van der Waals surface area contributed by atoms with Crippen LogP contribution in [0.1, 0.15) is 17.2 Å². The van der Waals surface area contributed by atoms with Crippen LogP contribution in [0.2, 0.25) is 0 Å². The predicted octanol–water partition coefficient (Wildman–Crippen LogP) is 1.82. The molecule has 0 spiro atoms. The summed E-state index contributed by atoms with van der Waals surface area (Å²) >= 11 is 0. The first kappa shape index (κ1) is 14.5. The zero-order valence-electron chi connectivity index (χ0n) is 10.3. The van der Waals surface area contributed by atoms with Crippen LogP contribution in [-0.2, 0) is 11.0 Å². The number of amides is 1. The van der Waals surface area contributed by atoms with Crippen LogP contribution in [0.4, 0.5) is 19.2 Å². The van der Waals surface area contributed by atoms with Crippen molar-refractivity contribution in [2.24, 2.45) is 0 Å². The van der Waals surface area contributed by atoms with Gasteiger partial charge in [0.1, 0.15) is 6.04 Å². The van der Waals surface area contributed by atoms with E-state index in [4.69, 9.17) is 6.42 Å². The van der Waals surface area contributed by atoms with Crippen LogP contribution in [0.3, 0.4) is 0 Å². The van der Waals surface area contributed by atoms with Crippen molar-refractivity contribution in [1.82, 2.24) is 15.6 Å². The topological polar surface area (TPSA) is 72.1 Å². The molecule has 0 aliphatic heterocycles. The maximum Gasteiger partial charge on any atom is 0.416 e. The first-order valence-corrected chi connectivity index (χ1v) is 5.50. The van der Waals surface area contributed by atoms with Crippen LogP contribution in [0.25, 0.3) is 0 Å². The van der Waals surface area contributed by atoms with E-state index >= 15 is 0 Å². The highest BCUT2D eigenvalue weighted by atomic mass is 19.4. The molecule has 1 heterocycles. The van der Waals surface area contributed by atoms with E-state index in [1.807, 2.05) is 0 Å². The minimum atomic E-state index is -4.62. The third kappa shape index (κ3) is 2.84. The van der Waals surface area contributed by atoms with Crippen molar-refractivity contribution in [2.75, 3.05) is 4.90 Å². The third-order valence-corrected chi connectivity index (χ3v) is 2.62. The van der Waals surface area contributed by atoms with E-state index in [2.05, 4.69) is 26.0 Å². The fourth-order valence-electron chi connectivity index (χ4n) is 1.76. The minimum absolute atomic E-state index is 0.201. The Balaban J connectivity index is 2.53. The third-order valence-electron chi connectivity index (χ3n) is 2.62. The number of halogens is 3. The SMILES string of the molecule is C#CC(c1ccccc1C(F)(F)F)N(C=O)c1nnno1. The number of nitrogens with zero attached hydrogens (tertiary/aromatic N) is 4. The molecule has 2 rings (SSSR count). The molecule has 1 amide bonds. The van der Waals surface area contributed by atoms with Gasteiger partial charge in [-0.3, -0.25) is 9.32 Å².